The van der Waals surface area contributed by atoms with Crippen molar-refractivity contribution in [2.75, 3.05) is 11.9 Å². The molecule has 0 aliphatic carbocycles. The molecule has 1 atom stereocenters. The molecule has 0 aliphatic rings. The Morgan fingerprint density at radius 2 is 2.16 bits per heavy atom. The fourth-order valence-electron chi connectivity index (χ4n) is 1.58. The number of carbonyl (C=O) groups excluding carboxylic acids is 1. The van der Waals surface area contributed by atoms with Crippen molar-refractivity contribution in [3.63, 3.8) is 0 Å². The Labute approximate surface area is 115 Å². The second-order valence-electron chi connectivity index (χ2n) is 4.59. The van der Waals surface area contributed by atoms with Crippen LogP contribution in [0.4, 0.5) is 5.69 Å². The van der Waals surface area contributed by atoms with Crippen molar-refractivity contribution in [3.8, 4) is 11.8 Å². The highest BCUT2D eigenvalue weighted by molar-refractivity contribution is 5.92. The molecule has 0 bridgehead atoms. The van der Waals surface area contributed by atoms with Crippen molar-refractivity contribution in [1.29, 1.82) is 0 Å². The normalized spacial score (nSPS) is 11.3. The summed E-state index contributed by atoms with van der Waals surface area (Å²) >= 11 is 0. The zero-order chi connectivity index (χ0) is 14.1. The van der Waals surface area contributed by atoms with Gasteiger partial charge in [0, 0.05) is 18.4 Å². The van der Waals surface area contributed by atoms with E-state index in [2.05, 4.69) is 31.0 Å². The molecule has 0 heterocycles. The fourth-order valence-corrected chi connectivity index (χ4v) is 1.58. The Kier molecular flexibility index (Phi) is 6.70. The smallest absolute Gasteiger partial charge is 0.224 e. The zero-order valence-corrected chi connectivity index (χ0v) is 11.6. The van der Waals surface area contributed by atoms with Gasteiger partial charge >= 0.3 is 0 Å². The van der Waals surface area contributed by atoms with Crippen LogP contribution in [0, 0.1) is 17.8 Å². The topological polar surface area (TPSA) is 49.3 Å². The fraction of sp³-hybridized carbons (Fsp3) is 0.438. The number of nitrogens with one attached hydrogen (secondary N) is 1. The summed E-state index contributed by atoms with van der Waals surface area (Å²) in [7, 11) is 0. The van der Waals surface area contributed by atoms with Gasteiger partial charge in [-0.25, -0.2) is 0 Å². The third kappa shape index (κ3) is 5.58. The molecule has 102 valence electrons. The molecule has 3 heteroatoms. The Morgan fingerprint density at radius 3 is 2.84 bits per heavy atom. The van der Waals surface area contributed by atoms with Gasteiger partial charge < -0.3 is 10.4 Å². The van der Waals surface area contributed by atoms with Crippen LogP contribution < -0.4 is 5.32 Å². The van der Waals surface area contributed by atoms with Crippen LogP contribution in [0.1, 0.15) is 38.7 Å². The Morgan fingerprint density at radius 1 is 1.42 bits per heavy atom. The highest BCUT2D eigenvalue weighted by atomic mass is 16.2. The summed E-state index contributed by atoms with van der Waals surface area (Å²) in [5.41, 5.74) is 1.52. The predicted molar refractivity (Wildman–Crippen MR) is 77.7 cm³/mol. The Hall–Kier alpha value is -1.79. The van der Waals surface area contributed by atoms with E-state index in [1.165, 1.54) is 0 Å². The molecule has 0 saturated carbocycles. The SMILES string of the molecule is CCC(C)CC(=O)Nc1ccccc1C#CCCO. The first-order chi connectivity index (χ1) is 9.17. The standard InChI is InChI=1S/C16H21NO2/c1-3-13(2)12-16(19)17-15-10-5-4-8-14(15)9-6-7-11-18/h4-5,8,10,13,18H,3,7,11-12H2,1-2H3,(H,17,19). The van der Waals surface area contributed by atoms with Crippen molar-refractivity contribution in [1.82, 2.24) is 0 Å². The maximum absolute atomic E-state index is 11.9. The van der Waals surface area contributed by atoms with Gasteiger partial charge in [0.05, 0.1) is 12.3 Å². The molecule has 19 heavy (non-hydrogen) atoms. The lowest BCUT2D eigenvalue weighted by Gasteiger charge is -2.10. The molecule has 0 fully saturated rings. The van der Waals surface area contributed by atoms with E-state index in [1.807, 2.05) is 24.3 Å². The highest BCUT2D eigenvalue weighted by Gasteiger charge is 2.08. The lowest BCUT2D eigenvalue weighted by Crippen LogP contribution is -2.15. The summed E-state index contributed by atoms with van der Waals surface area (Å²) in [4.78, 5) is 11.9. The molecule has 1 aromatic carbocycles. The van der Waals surface area contributed by atoms with E-state index in [0.29, 0.717) is 18.8 Å². The van der Waals surface area contributed by atoms with E-state index in [4.69, 9.17) is 5.11 Å². The minimum Gasteiger partial charge on any atom is -0.395 e. The van der Waals surface area contributed by atoms with Crippen LogP contribution in [0.2, 0.25) is 0 Å². The number of anilines is 1. The largest absolute Gasteiger partial charge is 0.395 e. The molecule has 1 aromatic rings. The number of hydrogen-bond donors (Lipinski definition) is 2. The Balaban J connectivity index is 2.73. The number of hydrogen-bond acceptors (Lipinski definition) is 2. The third-order valence-electron chi connectivity index (χ3n) is 2.89. The van der Waals surface area contributed by atoms with Gasteiger partial charge in [-0.1, -0.05) is 44.2 Å². The number of amides is 1. The quantitative estimate of drug-likeness (QED) is 0.799. The number of rotatable bonds is 5. The molecule has 0 radical (unpaired) electrons. The summed E-state index contributed by atoms with van der Waals surface area (Å²) in [6.07, 6.45) is 1.95. The van der Waals surface area contributed by atoms with E-state index < -0.39 is 0 Å². The average molecular weight is 259 g/mol. The van der Waals surface area contributed by atoms with E-state index in [0.717, 1.165) is 17.7 Å². The number of aliphatic hydroxyl groups is 1. The molecule has 0 aromatic heterocycles. The summed E-state index contributed by atoms with van der Waals surface area (Å²) in [5, 5.41) is 11.6. The number of para-hydroxylation sites is 1. The molecule has 1 amide bonds. The average Bonchev–Trinajstić information content (AvgIpc) is 2.40. The molecule has 0 aliphatic heterocycles. The van der Waals surface area contributed by atoms with Crippen LogP contribution in [0.25, 0.3) is 0 Å². The van der Waals surface area contributed by atoms with Crippen molar-refractivity contribution in [3.05, 3.63) is 29.8 Å². The molecule has 0 saturated heterocycles. The van der Waals surface area contributed by atoms with Crippen LogP contribution in [-0.4, -0.2) is 17.6 Å². The van der Waals surface area contributed by atoms with E-state index in [9.17, 15) is 4.79 Å². The maximum atomic E-state index is 11.9. The first kappa shape index (κ1) is 15.3. The third-order valence-corrected chi connectivity index (χ3v) is 2.89. The first-order valence-electron chi connectivity index (χ1n) is 6.66. The minimum atomic E-state index is 0.0192. The van der Waals surface area contributed by atoms with Gasteiger partial charge in [-0.3, -0.25) is 4.79 Å². The van der Waals surface area contributed by atoms with Gasteiger partial charge in [-0.05, 0) is 18.1 Å². The van der Waals surface area contributed by atoms with Crippen LogP contribution in [0.5, 0.6) is 0 Å². The molecule has 3 nitrogen and oxygen atoms in total. The molecule has 1 unspecified atom stereocenters. The van der Waals surface area contributed by atoms with Crippen LogP contribution >= 0.6 is 0 Å². The van der Waals surface area contributed by atoms with Gasteiger partial charge in [0.15, 0.2) is 0 Å². The number of benzene rings is 1. The molecule has 2 N–H and O–H groups in total. The number of carbonyl (C=O) groups is 1. The van der Waals surface area contributed by atoms with Crippen molar-refractivity contribution in [2.45, 2.75) is 33.1 Å². The summed E-state index contributed by atoms with van der Waals surface area (Å²) in [6.45, 7) is 4.19. The minimum absolute atomic E-state index is 0.0192. The second kappa shape index (κ2) is 8.34. The lowest BCUT2D eigenvalue weighted by molar-refractivity contribution is -0.117. The van der Waals surface area contributed by atoms with Gasteiger partial charge in [-0.15, -0.1) is 0 Å². The van der Waals surface area contributed by atoms with Crippen molar-refractivity contribution >= 4 is 11.6 Å². The van der Waals surface area contributed by atoms with Crippen LogP contribution in [-0.2, 0) is 4.79 Å². The maximum Gasteiger partial charge on any atom is 0.224 e. The first-order valence-corrected chi connectivity index (χ1v) is 6.66. The molecule has 1 rings (SSSR count). The molecular formula is C16H21NO2. The van der Waals surface area contributed by atoms with Gasteiger partial charge in [-0.2, -0.15) is 0 Å². The van der Waals surface area contributed by atoms with Gasteiger partial charge in [0.25, 0.3) is 0 Å². The summed E-state index contributed by atoms with van der Waals surface area (Å²) in [6, 6.07) is 7.46. The lowest BCUT2D eigenvalue weighted by atomic mass is 10.0. The van der Waals surface area contributed by atoms with Crippen LogP contribution in [0.3, 0.4) is 0 Å². The van der Waals surface area contributed by atoms with E-state index in [-0.39, 0.29) is 12.5 Å². The zero-order valence-electron chi connectivity index (χ0n) is 11.6. The number of aliphatic hydroxyl groups excluding tert-OH is 1. The van der Waals surface area contributed by atoms with Crippen molar-refractivity contribution < 1.29 is 9.90 Å². The summed E-state index contributed by atoms with van der Waals surface area (Å²) < 4.78 is 0. The van der Waals surface area contributed by atoms with Crippen molar-refractivity contribution in [2.24, 2.45) is 5.92 Å². The van der Waals surface area contributed by atoms with Gasteiger partial charge in [0.2, 0.25) is 5.91 Å². The van der Waals surface area contributed by atoms with E-state index in [1.54, 1.807) is 0 Å². The molecular weight excluding hydrogens is 238 g/mol. The monoisotopic (exact) mass is 259 g/mol. The highest BCUT2D eigenvalue weighted by Crippen LogP contribution is 2.15. The van der Waals surface area contributed by atoms with Gasteiger partial charge in [0.1, 0.15) is 0 Å². The van der Waals surface area contributed by atoms with Crippen LogP contribution in [0.15, 0.2) is 24.3 Å². The van der Waals surface area contributed by atoms with E-state index >= 15 is 0 Å². The second-order valence-corrected chi connectivity index (χ2v) is 4.59. The summed E-state index contributed by atoms with van der Waals surface area (Å²) in [5.74, 6) is 6.23. The molecule has 0 spiro atoms. The predicted octanol–water partition coefficient (Wildman–Crippen LogP) is 2.80. The Bertz CT molecular complexity index is 471.